The van der Waals surface area contributed by atoms with Gasteiger partial charge in [0.2, 0.25) is 11.8 Å². The first-order chi connectivity index (χ1) is 27.2. The van der Waals surface area contributed by atoms with E-state index in [4.69, 9.17) is 23.7 Å². The van der Waals surface area contributed by atoms with E-state index in [0.717, 1.165) is 36.0 Å². The Morgan fingerprint density at radius 2 is 1.70 bits per heavy atom. The number of epoxide rings is 1. The van der Waals surface area contributed by atoms with Gasteiger partial charge in [0.1, 0.15) is 30.0 Å². The van der Waals surface area contributed by atoms with Gasteiger partial charge in [0.25, 0.3) is 0 Å². The molecule has 4 N–H and O–H groups in total. The van der Waals surface area contributed by atoms with E-state index in [-0.39, 0.29) is 24.8 Å². The quantitative estimate of drug-likeness (QED) is 0.171. The van der Waals surface area contributed by atoms with Crippen LogP contribution in [-0.4, -0.2) is 101 Å². The highest BCUT2D eigenvalue weighted by atomic mass is 16.8. The van der Waals surface area contributed by atoms with Crippen LogP contribution in [-0.2, 0) is 50.9 Å². The molecule has 57 heavy (non-hydrogen) atoms. The van der Waals surface area contributed by atoms with E-state index in [9.17, 15) is 29.4 Å². The maximum atomic E-state index is 13.9. The Balaban J connectivity index is 1.03. The molecule has 1 spiro atoms. The van der Waals surface area contributed by atoms with Crippen molar-refractivity contribution in [3.8, 4) is 0 Å². The lowest BCUT2D eigenvalue weighted by atomic mass is 9.89. The standard InChI is InChI=1S/C44H54N2O11/c1-25(48)38(41(51)45-32(24-47)16-18-37(49)56-43(2,3)4)46-40(50)31-20-35(39-36(21-31)55-44(57-39)22-29-7-5-6-8-30(29)23-44)54-42(52)28-14-11-26(12-15-28)9-10-27-13-17-33-34(19-27)53-33/h5-12,14-15,21,25,27,32-36,38-39,47-48H,13,16-20,22-24H2,1-4H3,(H,45,51)(H,46,50)/t25-,27?,32-,33?,34?,35+,36+,38+,39-/m0/s1. The summed E-state index contributed by atoms with van der Waals surface area (Å²) < 4.78 is 30.3. The van der Waals surface area contributed by atoms with Gasteiger partial charge in [0, 0.05) is 31.3 Å². The van der Waals surface area contributed by atoms with E-state index in [1.165, 1.54) is 6.92 Å². The van der Waals surface area contributed by atoms with Crippen molar-refractivity contribution in [2.45, 2.75) is 139 Å². The van der Waals surface area contributed by atoms with E-state index in [2.05, 4.69) is 22.8 Å². The molecule has 306 valence electrons. The van der Waals surface area contributed by atoms with Gasteiger partial charge in [0.15, 0.2) is 5.79 Å². The molecule has 3 fully saturated rings. The number of allylic oxidation sites excluding steroid dienone is 1. The number of rotatable bonds is 13. The van der Waals surface area contributed by atoms with Gasteiger partial charge >= 0.3 is 11.9 Å². The first-order valence-electron chi connectivity index (χ1n) is 20.1. The molecular weight excluding hydrogens is 732 g/mol. The smallest absolute Gasteiger partial charge is 0.338 e. The lowest BCUT2D eigenvalue weighted by Gasteiger charge is -2.31. The Bertz CT molecular complexity index is 1860. The van der Waals surface area contributed by atoms with Gasteiger partial charge in [-0.2, -0.15) is 0 Å². The van der Waals surface area contributed by atoms with Crippen molar-refractivity contribution < 1.29 is 53.1 Å². The first kappa shape index (κ1) is 40.8. The molecule has 0 bridgehead atoms. The van der Waals surface area contributed by atoms with E-state index < -0.39 is 78.2 Å². The van der Waals surface area contributed by atoms with Crippen LogP contribution in [0.25, 0.3) is 6.08 Å². The Morgan fingerprint density at radius 1 is 0.982 bits per heavy atom. The third-order valence-electron chi connectivity index (χ3n) is 11.3. The van der Waals surface area contributed by atoms with Gasteiger partial charge in [0.05, 0.1) is 36.5 Å². The fourth-order valence-electron chi connectivity index (χ4n) is 8.28. The van der Waals surface area contributed by atoms with Crippen LogP contribution < -0.4 is 10.6 Å². The summed E-state index contributed by atoms with van der Waals surface area (Å²) in [6.45, 7) is 6.11. The second kappa shape index (κ2) is 16.8. The number of hydrogen-bond donors (Lipinski definition) is 4. The second-order valence-electron chi connectivity index (χ2n) is 17.0. The van der Waals surface area contributed by atoms with Crippen LogP contribution in [0.5, 0.6) is 0 Å². The Kier molecular flexibility index (Phi) is 12.0. The average Bonchev–Trinajstić information content (AvgIpc) is 3.72. The topological polar surface area (TPSA) is 182 Å². The Morgan fingerprint density at radius 3 is 2.35 bits per heavy atom. The molecule has 3 unspecified atom stereocenters. The number of aliphatic hydroxyl groups is 2. The summed E-state index contributed by atoms with van der Waals surface area (Å²) in [4.78, 5) is 53.2. The molecule has 13 nitrogen and oxygen atoms in total. The molecule has 2 amide bonds. The molecule has 1 saturated carbocycles. The molecule has 7 rings (SSSR count). The lowest BCUT2D eigenvalue weighted by molar-refractivity contribution is -0.172. The molecular formula is C44H54N2O11. The maximum absolute atomic E-state index is 13.9. The van der Waals surface area contributed by atoms with Crippen LogP contribution in [0.1, 0.15) is 93.3 Å². The van der Waals surface area contributed by atoms with Crippen LogP contribution >= 0.6 is 0 Å². The molecule has 2 aromatic carbocycles. The third kappa shape index (κ3) is 10.0. The largest absolute Gasteiger partial charge is 0.460 e. The Hall–Kier alpha value is -4.40. The number of ether oxygens (including phenoxy) is 5. The van der Waals surface area contributed by atoms with Crippen molar-refractivity contribution in [1.82, 2.24) is 10.6 Å². The number of carbonyl (C=O) groups is 4. The number of nitrogens with one attached hydrogen (secondary N) is 2. The van der Waals surface area contributed by atoms with Gasteiger partial charge in [-0.15, -0.1) is 0 Å². The van der Waals surface area contributed by atoms with Crippen molar-refractivity contribution in [3.05, 3.63) is 88.5 Å². The van der Waals surface area contributed by atoms with Crippen molar-refractivity contribution in [2.75, 3.05) is 6.61 Å². The highest BCUT2D eigenvalue weighted by Gasteiger charge is 2.55. The summed E-state index contributed by atoms with van der Waals surface area (Å²) >= 11 is 0. The molecule has 2 saturated heterocycles. The summed E-state index contributed by atoms with van der Waals surface area (Å²) in [5.41, 5.74) is 2.99. The molecule has 3 aliphatic carbocycles. The normalized spacial score (nSPS) is 27.3. The van der Waals surface area contributed by atoms with Crippen molar-refractivity contribution in [3.63, 3.8) is 0 Å². The molecule has 13 heteroatoms. The number of fused-ring (bicyclic) bond motifs is 3. The molecule has 9 atom stereocenters. The lowest BCUT2D eigenvalue weighted by Crippen LogP contribution is -2.55. The van der Waals surface area contributed by atoms with E-state index in [1.807, 2.05) is 36.4 Å². The zero-order valence-electron chi connectivity index (χ0n) is 33.0. The fraction of sp³-hybridized carbons (Fsp3) is 0.545. The first-order valence-corrected chi connectivity index (χ1v) is 20.1. The minimum atomic E-state index is -1.41. The van der Waals surface area contributed by atoms with Gasteiger partial charge < -0.3 is 44.5 Å². The number of hydrogen-bond acceptors (Lipinski definition) is 11. The van der Waals surface area contributed by atoms with Crippen molar-refractivity contribution in [2.24, 2.45) is 5.92 Å². The van der Waals surface area contributed by atoms with Crippen LogP contribution in [0.3, 0.4) is 0 Å². The van der Waals surface area contributed by atoms with Crippen molar-refractivity contribution >= 4 is 29.8 Å². The van der Waals surface area contributed by atoms with Crippen LogP contribution in [0.2, 0.25) is 0 Å². The number of aliphatic hydroxyl groups excluding tert-OH is 2. The minimum Gasteiger partial charge on any atom is -0.460 e. The number of benzene rings is 2. The number of esters is 2. The van der Waals surface area contributed by atoms with Gasteiger partial charge in [-0.3, -0.25) is 14.4 Å². The van der Waals surface area contributed by atoms with Crippen molar-refractivity contribution in [1.29, 1.82) is 0 Å². The van der Waals surface area contributed by atoms with Gasteiger partial charge in [-0.05, 0) is 94.2 Å². The van der Waals surface area contributed by atoms with E-state index in [1.54, 1.807) is 39.0 Å². The second-order valence-corrected chi connectivity index (χ2v) is 17.0. The van der Waals surface area contributed by atoms with E-state index >= 15 is 0 Å². The summed E-state index contributed by atoms with van der Waals surface area (Å²) in [6, 6.07) is 12.9. The third-order valence-corrected chi connectivity index (χ3v) is 11.3. The molecule has 0 radical (unpaired) electrons. The molecule has 2 heterocycles. The molecule has 0 aromatic heterocycles. The molecule has 5 aliphatic rings. The summed E-state index contributed by atoms with van der Waals surface area (Å²) in [5, 5.41) is 25.8. The van der Waals surface area contributed by atoms with Crippen LogP contribution in [0.4, 0.5) is 0 Å². The van der Waals surface area contributed by atoms with E-state index in [0.29, 0.717) is 36.5 Å². The van der Waals surface area contributed by atoms with Gasteiger partial charge in [-0.25, -0.2) is 4.79 Å². The predicted molar refractivity (Wildman–Crippen MR) is 207 cm³/mol. The SMILES string of the molecule is C[C@H](O)[C@@H](NC(=O)C1=C[C@H]2OC3(Cc4ccccc4C3)O[C@H]2[C@H](OC(=O)c2ccc(C=CC3CCC4OC4C3)cc2)C1)C(=O)N[C@H](CO)CCC(=O)OC(C)(C)C. The number of amides is 2. The van der Waals surface area contributed by atoms with Crippen LogP contribution in [0.15, 0.2) is 66.3 Å². The Labute approximate surface area is 333 Å². The van der Waals surface area contributed by atoms with Gasteiger partial charge in [-0.1, -0.05) is 48.6 Å². The highest BCUT2D eigenvalue weighted by Crippen LogP contribution is 2.45. The monoisotopic (exact) mass is 786 g/mol. The fourth-order valence-corrected chi connectivity index (χ4v) is 8.28. The number of carbonyl (C=O) groups excluding carboxylic acids is 4. The predicted octanol–water partition coefficient (Wildman–Crippen LogP) is 3.87. The minimum absolute atomic E-state index is 0.0395. The zero-order chi connectivity index (χ0) is 40.5. The molecule has 2 aromatic rings. The summed E-state index contributed by atoms with van der Waals surface area (Å²) in [7, 11) is 0. The average molecular weight is 787 g/mol. The maximum Gasteiger partial charge on any atom is 0.338 e. The summed E-state index contributed by atoms with van der Waals surface area (Å²) in [6.07, 6.45) is 7.26. The van der Waals surface area contributed by atoms with Crippen LogP contribution in [0, 0.1) is 5.92 Å². The summed E-state index contributed by atoms with van der Waals surface area (Å²) in [5.74, 6) is -3.01. The molecule has 2 aliphatic heterocycles. The highest BCUT2D eigenvalue weighted by molar-refractivity contribution is 5.97. The zero-order valence-corrected chi connectivity index (χ0v) is 33.0.